The van der Waals surface area contributed by atoms with Crippen molar-refractivity contribution in [2.45, 2.75) is 19.6 Å². The Labute approximate surface area is 137 Å². The molecule has 22 heavy (non-hydrogen) atoms. The van der Waals surface area contributed by atoms with Crippen LogP contribution in [0.5, 0.6) is 0 Å². The smallest absolute Gasteiger partial charge is 0.224 e. The summed E-state index contributed by atoms with van der Waals surface area (Å²) in [6.45, 7) is 4.95. The van der Waals surface area contributed by atoms with Crippen molar-refractivity contribution in [3.8, 4) is 0 Å². The average Bonchev–Trinajstić information content (AvgIpc) is 2.55. The molecule has 0 saturated heterocycles. The fraction of sp³-hybridized carbons (Fsp3) is 0.333. The first-order valence-corrected chi connectivity index (χ1v) is 7.87. The van der Waals surface area contributed by atoms with Crippen molar-refractivity contribution in [2.24, 2.45) is 0 Å². The van der Waals surface area contributed by atoms with Crippen molar-refractivity contribution < 1.29 is 9.47 Å². The van der Waals surface area contributed by atoms with E-state index in [0.29, 0.717) is 18.2 Å². The van der Waals surface area contributed by atoms with Crippen molar-refractivity contribution >= 4 is 17.3 Å². The van der Waals surface area contributed by atoms with E-state index in [0.717, 1.165) is 16.8 Å². The second-order valence-electron chi connectivity index (χ2n) is 4.79. The van der Waals surface area contributed by atoms with Crippen molar-refractivity contribution in [3.05, 3.63) is 64.7 Å². The quantitative estimate of drug-likeness (QED) is 0.753. The molecule has 0 aliphatic heterocycles. The molecule has 0 fully saturated rings. The molecule has 0 heterocycles. The molecular weight excluding hydrogens is 298 g/mol. The van der Waals surface area contributed by atoms with E-state index in [4.69, 9.17) is 21.1 Å². The number of benzene rings is 2. The molecule has 2 rings (SSSR count). The lowest BCUT2D eigenvalue weighted by atomic mass is 9.95. The summed E-state index contributed by atoms with van der Waals surface area (Å²) in [4.78, 5) is 0. The van der Waals surface area contributed by atoms with E-state index in [-0.39, 0.29) is 0 Å². The molecule has 1 N–H and O–H groups in total. The monoisotopic (exact) mass is 319 g/mol. The summed E-state index contributed by atoms with van der Waals surface area (Å²) in [7, 11) is 1.88. The van der Waals surface area contributed by atoms with Crippen LogP contribution in [0.2, 0.25) is 5.02 Å². The molecule has 0 amide bonds. The van der Waals surface area contributed by atoms with Crippen LogP contribution < -0.4 is 5.32 Å². The predicted molar refractivity (Wildman–Crippen MR) is 91.5 cm³/mol. The van der Waals surface area contributed by atoms with Crippen LogP contribution in [0, 0.1) is 0 Å². The minimum absolute atomic E-state index is 0.518. The van der Waals surface area contributed by atoms with Crippen LogP contribution in [0.25, 0.3) is 0 Å². The molecule has 0 aliphatic rings. The molecule has 0 aliphatic carbocycles. The fourth-order valence-corrected chi connectivity index (χ4v) is 2.76. The van der Waals surface area contributed by atoms with Gasteiger partial charge >= 0.3 is 0 Å². The first-order valence-electron chi connectivity index (χ1n) is 7.49. The molecule has 0 spiro atoms. The third-order valence-electron chi connectivity index (χ3n) is 3.45. The van der Waals surface area contributed by atoms with Gasteiger partial charge in [0.2, 0.25) is 5.79 Å². The van der Waals surface area contributed by atoms with E-state index in [9.17, 15) is 0 Å². The van der Waals surface area contributed by atoms with Crippen LogP contribution in [-0.2, 0) is 15.3 Å². The Bertz CT molecular complexity index is 595. The van der Waals surface area contributed by atoms with Gasteiger partial charge in [-0.1, -0.05) is 41.9 Å². The second kappa shape index (κ2) is 7.63. The zero-order valence-electron chi connectivity index (χ0n) is 13.2. The Morgan fingerprint density at radius 3 is 2.18 bits per heavy atom. The normalized spacial score (nSPS) is 11.5. The molecule has 0 bridgehead atoms. The highest BCUT2D eigenvalue weighted by Crippen LogP contribution is 2.40. The summed E-state index contributed by atoms with van der Waals surface area (Å²) in [5, 5.41) is 3.84. The molecule has 0 aromatic heterocycles. The highest BCUT2D eigenvalue weighted by Gasteiger charge is 2.38. The molecule has 0 unspecified atom stereocenters. The van der Waals surface area contributed by atoms with E-state index < -0.39 is 5.79 Å². The number of ether oxygens (including phenoxy) is 2. The molecule has 4 heteroatoms. The standard InChI is InChI=1S/C18H22ClNO2/c1-4-21-18(22-5-2,14-9-7-6-8-10-14)16-13-15(19)11-12-17(16)20-3/h6-13,20H,4-5H2,1-3H3. The first-order chi connectivity index (χ1) is 10.7. The van der Waals surface area contributed by atoms with Crippen molar-refractivity contribution in [2.75, 3.05) is 25.6 Å². The maximum absolute atomic E-state index is 6.23. The third-order valence-corrected chi connectivity index (χ3v) is 3.69. The molecule has 0 radical (unpaired) electrons. The van der Waals surface area contributed by atoms with Gasteiger partial charge in [-0.3, -0.25) is 0 Å². The molecule has 3 nitrogen and oxygen atoms in total. The SMILES string of the molecule is CCOC(OCC)(c1ccccc1)c1cc(Cl)ccc1NC. The lowest BCUT2D eigenvalue weighted by Gasteiger charge is -2.35. The van der Waals surface area contributed by atoms with Crippen LogP contribution in [0.3, 0.4) is 0 Å². The summed E-state index contributed by atoms with van der Waals surface area (Å²) >= 11 is 6.23. The van der Waals surface area contributed by atoms with Gasteiger partial charge in [0.15, 0.2) is 0 Å². The Balaban J connectivity index is 2.69. The van der Waals surface area contributed by atoms with Gasteiger partial charge in [-0.25, -0.2) is 0 Å². The summed E-state index contributed by atoms with van der Waals surface area (Å²) in [5.74, 6) is -0.978. The highest BCUT2D eigenvalue weighted by atomic mass is 35.5. The average molecular weight is 320 g/mol. The Morgan fingerprint density at radius 2 is 1.64 bits per heavy atom. The number of hydrogen-bond acceptors (Lipinski definition) is 3. The number of anilines is 1. The number of rotatable bonds is 7. The maximum Gasteiger partial charge on any atom is 0.224 e. The summed E-state index contributed by atoms with van der Waals surface area (Å²) < 4.78 is 12.2. The van der Waals surface area contributed by atoms with Crippen LogP contribution in [0.4, 0.5) is 5.69 Å². The summed E-state index contributed by atoms with van der Waals surface area (Å²) in [6, 6.07) is 15.6. The molecule has 2 aromatic rings. The number of hydrogen-bond donors (Lipinski definition) is 1. The van der Waals surface area contributed by atoms with Gasteiger partial charge in [0.05, 0.1) is 0 Å². The largest absolute Gasteiger partial charge is 0.388 e. The minimum atomic E-state index is -0.978. The van der Waals surface area contributed by atoms with E-state index in [2.05, 4.69) is 5.32 Å². The highest BCUT2D eigenvalue weighted by molar-refractivity contribution is 6.30. The maximum atomic E-state index is 6.23. The van der Waals surface area contributed by atoms with Gasteiger partial charge in [-0.2, -0.15) is 0 Å². The summed E-state index contributed by atoms with van der Waals surface area (Å²) in [5.41, 5.74) is 2.74. The summed E-state index contributed by atoms with van der Waals surface area (Å²) in [6.07, 6.45) is 0. The van der Waals surface area contributed by atoms with Crippen LogP contribution in [0.1, 0.15) is 25.0 Å². The lowest BCUT2D eigenvalue weighted by Crippen LogP contribution is -2.35. The van der Waals surface area contributed by atoms with E-state index >= 15 is 0 Å². The fourth-order valence-electron chi connectivity index (χ4n) is 2.59. The molecule has 0 saturated carbocycles. The van der Waals surface area contributed by atoms with Gasteiger partial charge in [-0.05, 0) is 32.0 Å². The Kier molecular flexibility index (Phi) is 5.83. The Hall–Kier alpha value is -1.55. The number of halogens is 1. The Morgan fingerprint density at radius 1 is 1.00 bits per heavy atom. The van der Waals surface area contributed by atoms with Crippen LogP contribution in [-0.4, -0.2) is 20.3 Å². The number of nitrogens with one attached hydrogen (secondary N) is 1. The van der Waals surface area contributed by atoms with Gasteiger partial charge in [0, 0.05) is 42.1 Å². The van der Waals surface area contributed by atoms with E-state index in [1.54, 1.807) is 0 Å². The van der Waals surface area contributed by atoms with Crippen LogP contribution in [0.15, 0.2) is 48.5 Å². The third kappa shape index (κ3) is 3.27. The first kappa shape index (κ1) is 16.8. The van der Waals surface area contributed by atoms with Gasteiger partial charge in [-0.15, -0.1) is 0 Å². The molecule has 118 valence electrons. The van der Waals surface area contributed by atoms with Crippen LogP contribution >= 0.6 is 11.6 Å². The van der Waals surface area contributed by atoms with Gasteiger partial charge < -0.3 is 14.8 Å². The second-order valence-corrected chi connectivity index (χ2v) is 5.22. The topological polar surface area (TPSA) is 30.5 Å². The predicted octanol–water partition coefficient (Wildman–Crippen LogP) is 4.66. The van der Waals surface area contributed by atoms with Crippen molar-refractivity contribution in [1.82, 2.24) is 0 Å². The van der Waals surface area contributed by atoms with Gasteiger partial charge in [0.1, 0.15) is 0 Å². The van der Waals surface area contributed by atoms with Gasteiger partial charge in [0.25, 0.3) is 0 Å². The van der Waals surface area contributed by atoms with Crippen molar-refractivity contribution in [1.29, 1.82) is 0 Å². The minimum Gasteiger partial charge on any atom is -0.388 e. The molecular formula is C18H22ClNO2. The molecule has 0 atom stereocenters. The van der Waals surface area contributed by atoms with E-state index in [1.165, 1.54) is 0 Å². The molecule has 2 aromatic carbocycles. The van der Waals surface area contributed by atoms with E-state index in [1.807, 2.05) is 69.4 Å². The zero-order valence-corrected chi connectivity index (χ0v) is 14.0. The lowest BCUT2D eigenvalue weighted by molar-refractivity contribution is -0.212. The zero-order chi connectivity index (χ0) is 16.0. The van der Waals surface area contributed by atoms with Crippen molar-refractivity contribution in [3.63, 3.8) is 0 Å².